The van der Waals surface area contributed by atoms with Gasteiger partial charge in [-0.15, -0.1) is 0 Å². The average molecular weight is 282 g/mol. The van der Waals surface area contributed by atoms with E-state index in [0.29, 0.717) is 0 Å². The van der Waals surface area contributed by atoms with Crippen LogP contribution in [-0.4, -0.2) is 6.29 Å². The third-order valence-electron chi connectivity index (χ3n) is 4.45. The minimum absolute atomic E-state index is 0.00355. The highest BCUT2D eigenvalue weighted by molar-refractivity contribution is 5.53. The second kappa shape index (κ2) is 6.89. The first-order valence-electron chi connectivity index (χ1n) is 8.00. The van der Waals surface area contributed by atoms with E-state index in [0.717, 1.165) is 32.0 Å². The van der Waals surface area contributed by atoms with Crippen LogP contribution in [-0.2, 0) is 4.79 Å². The van der Waals surface area contributed by atoms with Gasteiger partial charge in [0.15, 0.2) is 0 Å². The number of allylic oxidation sites excluding steroid dienone is 10. The molecule has 0 fully saturated rings. The van der Waals surface area contributed by atoms with E-state index in [1.165, 1.54) is 0 Å². The Kier molecular flexibility index (Phi) is 5.17. The quantitative estimate of drug-likeness (QED) is 0.484. The zero-order valence-electron chi connectivity index (χ0n) is 13.2. The third kappa shape index (κ3) is 4.17. The Morgan fingerprint density at radius 2 is 1.76 bits per heavy atom. The fourth-order valence-corrected chi connectivity index (χ4v) is 2.79. The molecule has 0 saturated carbocycles. The fraction of sp³-hybridized carbons (Fsp3) is 0.450. The molecule has 0 heterocycles. The Morgan fingerprint density at radius 1 is 1.10 bits per heavy atom. The Balaban J connectivity index is 1.93. The van der Waals surface area contributed by atoms with Gasteiger partial charge in [-0.3, -0.25) is 0 Å². The molecule has 0 radical (unpaired) electrons. The number of carbonyl (C=O) groups excluding carboxylic acids is 1. The molecule has 0 amide bonds. The smallest absolute Gasteiger partial charge is 0.123 e. The van der Waals surface area contributed by atoms with Crippen molar-refractivity contribution in [2.75, 3.05) is 0 Å². The first kappa shape index (κ1) is 15.8. The lowest BCUT2D eigenvalue weighted by molar-refractivity contribution is -0.111. The molecule has 1 unspecified atom stereocenters. The summed E-state index contributed by atoms with van der Waals surface area (Å²) in [7, 11) is 0. The molecule has 0 aromatic heterocycles. The molecule has 0 aliphatic heterocycles. The fourth-order valence-electron chi connectivity index (χ4n) is 2.79. The molecule has 0 bridgehead atoms. The maximum atomic E-state index is 10.8. The molecular formula is C20H26O. The maximum Gasteiger partial charge on any atom is 0.123 e. The van der Waals surface area contributed by atoms with Crippen LogP contribution < -0.4 is 0 Å². The molecule has 21 heavy (non-hydrogen) atoms. The molecule has 0 aromatic rings. The van der Waals surface area contributed by atoms with E-state index in [2.05, 4.69) is 74.6 Å². The van der Waals surface area contributed by atoms with Crippen molar-refractivity contribution in [2.45, 2.75) is 39.5 Å². The van der Waals surface area contributed by atoms with E-state index in [-0.39, 0.29) is 16.7 Å². The molecule has 2 rings (SSSR count). The first-order valence-corrected chi connectivity index (χ1v) is 8.00. The number of carbonyl (C=O) groups is 1. The van der Waals surface area contributed by atoms with Crippen LogP contribution in [0.1, 0.15) is 39.5 Å². The summed E-state index contributed by atoms with van der Waals surface area (Å²) >= 11 is 0. The van der Waals surface area contributed by atoms with Gasteiger partial charge in [0.05, 0.1) is 0 Å². The number of rotatable bonds is 6. The highest BCUT2D eigenvalue weighted by Crippen LogP contribution is 2.38. The van der Waals surface area contributed by atoms with Gasteiger partial charge < -0.3 is 4.79 Å². The molecule has 112 valence electrons. The average Bonchev–Trinajstić information content (AvgIpc) is 2.52. The van der Waals surface area contributed by atoms with Crippen LogP contribution in [0.25, 0.3) is 0 Å². The summed E-state index contributed by atoms with van der Waals surface area (Å²) in [6.45, 7) is 4.29. The molecule has 1 atom stereocenters. The van der Waals surface area contributed by atoms with Crippen LogP contribution in [0.5, 0.6) is 0 Å². The van der Waals surface area contributed by atoms with Crippen molar-refractivity contribution in [3.8, 4) is 0 Å². The van der Waals surface area contributed by atoms with Crippen LogP contribution in [0.15, 0.2) is 60.8 Å². The zero-order chi connectivity index (χ0) is 15.2. The highest BCUT2D eigenvalue weighted by atomic mass is 16.1. The number of hydrogen-bond acceptors (Lipinski definition) is 1. The summed E-state index contributed by atoms with van der Waals surface area (Å²) in [6.07, 6.45) is 27.5. The lowest BCUT2D eigenvalue weighted by atomic mass is 9.74. The van der Waals surface area contributed by atoms with Crippen LogP contribution in [0.4, 0.5) is 0 Å². The molecule has 0 aromatic carbocycles. The largest absolute Gasteiger partial charge is 0.303 e. The summed E-state index contributed by atoms with van der Waals surface area (Å²) in [6, 6.07) is 0. The summed E-state index contributed by atoms with van der Waals surface area (Å²) in [5, 5.41) is 0. The molecule has 0 saturated heterocycles. The van der Waals surface area contributed by atoms with Crippen LogP contribution in [0.2, 0.25) is 0 Å². The van der Waals surface area contributed by atoms with E-state index >= 15 is 0 Å². The van der Waals surface area contributed by atoms with Crippen molar-refractivity contribution in [1.29, 1.82) is 0 Å². The van der Waals surface area contributed by atoms with Crippen molar-refractivity contribution in [3.63, 3.8) is 0 Å². The third-order valence-corrected chi connectivity index (χ3v) is 4.45. The standard InChI is InChI=1S/C20H26O/c1-3-18(17-21)9-5-8-10-19(2)13-15-20(16-14-19)11-6-4-7-12-20/h6-8,10-18H,3-5,9H2,1-2H3/b10-8-. The van der Waals surface area contributed by atoms with Gasteiger partial charge in [-0.25, -0.2) is 0 Å². The monoisotopic (exact) mass is 282 g/mol. The molecule has 1 heteroatoms. The van der Waals surface area contributed by atoms with Gasteiger partial charge >= 0.3 is 0 Å². The lowest BCUT2D eigenvalue weighted by Crippen LogP contribution is -2.18. The van der Waals surface area contributed by atoms with E-state index in [4.69, 9.17) is 0 Å². The second-order valence-electron chi connectivity index (χ2n) is 6.36. The zero-order valence-corrected chi connectivity index (χ0v) is 13.2. The lowest BCUT2D eigenvalue weighted by Gasteiger charge is -2.30. The highest BCUT2D eigenvalue weighted by Gasteiger charge is 2.26. The minimum Gasteiger partial charge on any atom is -0.303 e. The van der Waals surface area contributed by atoms with Gasteiger partial charge in [0, 0.05) is 16.7 Å². The summed E-state index contributed by atoms with van der Waals surface area (Å²) in [5.74, 6) is 0.209. The number of aldehydes is 1. The first-order chi connectivity index (χ1) is 10.1. The van der Waals surface area contributed by atoms with Gasteiger partial charge in [-0.2, -0.15) is 0 Å². The predicted octanol–water partition coefficient (Wildman–Crippen LogP) is 5.18. The Labute approximate surface area is 128 Å². The van der Waals surface area contributed by atoms with Crippen LogP contribution in [0, 0.1) is 16.7 Å². The molecule has 1 nitrogen and oxygen atoms in total. The molecule has 0 N–H and O–H groups in total. The SMILES string of the molecule is CCC(C=O)CC/C=C\C1(C)C=CC2(C=CCC=C2)C=C1. The number of hydrogen-bond donors (Lipinski definition) is 0. The summed E-state index contributed by atoms with van der Waals surface area (Å²) in [5.41, 5.74) is -0.0102. The van der Waals surface area contributed by atoms with Crippen LogP contribution in [0.3, 0.4) is 0 Å². The topological polar surface area (TPSA) is 17.1 Å². The Hall–Kier alpha value is -1.63. The van der Waals surface area contributed by atoms with E-state index in [1.807, 2.05) is 0 Å². The molecule has 1 spiro atoms. The summed E-state index contributed by atoms with van der Waals surface area (Å²) < 4.78 is 0. The molecular weight excluding hydrogens is 256 g/mol. The van der Waals surface area contributed by atoms with E-state index < -0.39 is 0 Å². The van der Waals surface area contributed by atoms with Gasteiger partial charge in [0.1, 0.15) is 6.29 Å². The Bertz CT molecular complexity index is 474. The normalized spacial score (nSPS) is 23.0. The van der Waals surface area contributed by atoms with Gasteiger partial charge in [-0.1, -0.05) is 67.7 Å². The van der Waals surface area contributed by atoms with Crippen molar-refractivity contribution in [1.82, 2.24) is 0 Å². The minimum atomic E-state index is -0.00668. The van der Waals surface area contributed by atoms with Gasteiger partial charge in [0.25, 0.3) is 0 Å². The van der Waals surface area contributed by atoms with Gasteiger partial charge in [0.2, 0.25) is 0 Å². The molecule has 2 aliphatic carbocycles. The van der Waals surface area contributed by atoms with Crippen molar-refractivity contribution in [3.05, 3.63) is 60.8 Å². The van der Waals surface area contributed by atoms with Crippen molar-refractivity contribution in [2.24, 2.45) is 16.7 Å². The Morgan fingerprint density at radius 3 is 2.33 bits per heavy atom. The molecule has 2 aliphatic rings. The van der Waals surface area contributed by atoms with Crippen molar-refractivity contribution >= 4 is 6.29 Å². The predicted molar refractivity (Wildman–Crippen MR) is 89.9 cm³/mol. The summed E-state index contributed by atoms with van der Waals surface area (Å²) in [4.78, 5) is 10.8. The second-order valence-corrected chi connectivity index (χ2v) is 6.36. The van der Waals surface area contributed by atoms with Crippen LogP contribution >= 0.6 is 0 Å². The van der Waals surface area contributed by atoms with Crippen molar-refractivity contribution < 1.29 is 4.79 Å². The maximum absolute atomic E-state index is 10.8. The van der Waals surface area contributed by atoms with E-state index in [9.17, 15) is 4.79 Å². The van der Waals surface area contributed by atoms with Gasteiger partial charge in [-0.05, 0) is 32.6 Å². The van der Waals surface area contributed by atoms with E-state index in [1.54, 1.807) is 0 Å².